The molecule has 0 bridgehead atoms. The number of aliphatic imine (C=N–C) groups is 1. The van der Waals surface area contributed by atoms with Gasteiger partial charge in [-0.05, 0) is 37.3 Å². The highest BCUT2D eigenvalue weighted by atomic mass is 35.5. The second-order valence-corrected chi connectivity index (χ2v) is 9.00. The van der Waals surface area contributed by atoms with Gasteiger partial charge in [0.15, 0.2) is 0 Å². The number of halogens is 1. The van der Waals surface area contributed by atoms with Crippen molar-refractivity contribution in [3.05, 3.63) is 117 Å². The SMILES string of the molecule is CCOC(=O)C1=C(O)/C(=C/c2ccccc2OCc2ccccc2Cl)SC1=NC(=O)c1ccccc1. The van der Waals surface area contributed by atoms with Crippen molar-refractivity contribution in [3.8, 4) is 5.75 Å². The molecule has 3 aromatic carbocycles. The molecule has 4 rings (SSSR count). The molecule has 1 amide bonds. The highest BCUT2D eigenvalue weighted by Crippen LogP contribution is 2.40. The van der Waals surface area contributed by atoms with Gasteiger partial charge in [0.05, 0.1) is 11.5 Å². The summed E-state index contributed by atoms with van der Waals surface area (Å²) in [5.41, 5.74) is 1.71. The molecule has 8 heteroatoms. The molecule has 6 nitrogen and oxygen atoms in total. The maximum atomic E-state index is 12.7. The molecule has 1 N–H and O–H groups in total. The first-order valence-electron chi connectivity index (χ1n) is 11.1. The van der Waals surface area contributed by atoms with Crippen molar-refractivity contribution in [3.63, 3.8) is 0 Å². The van der Waals surface area contributed by atoms with Crippen LogP contribution in [0, 0.1) is 0 Å². The molecule has 0 saturated carbocycles. The number of ether oxygens (including phenoxy) is 2. The van der Waals surface area contributed by atoms with Crippen LogP contribution in [0.5, 0.6) is 5.75 Å². The zero-order valence-corrected chi connectivity index (χ0v) is 20.9. The molecule has 0 spiro atoms. The lowest BCUT2D eigenvalue weighted by Crippen LogP contribution is -2.14. The number of benzene rings is 3. The van der Waals surface area contributed by atoms with E-state index in [1.807, 2.05) is 36.4 Å². The van der Waals surface area contributed by atoms with Gasteiger partial charge in [0.1, 0.15) is 28.7 Å². The van der Waals surface area contributed by atoms with Gasteiger partial charge in [0.2, 0.25) is 0 Å². The molecule has 1 aliphatic heterocycles. The Bertz CT molecular complexity index is 1380. The monoisotopic (exact) mass is 519 g/mol. The van der Waals surface area contributed by atoms with E-state index in [4.69, 9.17) is 21.1 Å². The molecule has 1 heterocycles. The molecule has 36 heavy (non-hydrogen) atoms. The highest BCUT2D eigenvalue weighted by molar-refractivity contribution is 8.18. The lowest BCUT2D eigenvalue weighted by molar-refractivity contribution is -0.138. The topological polar surface area (TPSA) is 85.2 Å². The molecule has 3 aromatic rings. The molecule has 0 saturated heterocycles. The van der Waals surface area contributed by atoms with Crippen LogP contribution in [0.15, 0.2) is 100 Å². The summed E-state index contributed by atoms with van der Waals surface area (Å²) < 4.78 is 11.1. The van der Waals surface area contributed by atoms with E-state index >= 15 is 0 Å². The summed E-state index contributed by atoms with van der Waals surface area (Å²) in [5.74, 6) is -1.04. The fourth-order valence-corrected chi connectivity index (χ4v) is 4.57. The maximum absolute atomic E-state index is 12.7. The molecule has 1 aliphatic rings. The van der Waals surface area contributed by atoms with Crippen LogP contribution >= 0.6 is 23.4 Å². The van der Waals surface area contributed by atoms with Gasteiger partial charge in [-0.2, -0.15) is 0 Å². The summed E-state index contributed by atoms with van der Waals surface area (Å²) in [6.45, 7) is 2.02. The van der Waals surface area contributed by atoms with Crippen LogP contribution in [0.1, 0.15) is 28.4 Å². The third-order valence-corrected chi connectivity index (χ3v) is 6.53. The number of hydrogen-bond acceptors (Lipinski definition) is 6. The van der Waals surface area contributed by atoms with Gasteiger partial charge >= 0.3 is 5.97 Å². The molecule has 0 aliphatic carbocycles. The predicted molar refractivity (Wildman–Crippen MR) is 142 cm³/mol. The van der Waals surface area contributed by atoms with E-state index in [1.54, 1.807) is 55.5 Å². The van der Waals surface area contributed by atoms with Crippen molar-refractivity contribution >= 4 is 46.4 Å². The van der Waals surface area contributed by atoms with Crippen LogP contribution in [0.2, 0.25) is 5.02 Å². The third kappa shape index (κ3) is 5.87. The first kappa shape index (κ1) is 25.3. The van der Waals surface area contributed by atoms with Gasteiger partial charge in [-0.25, -0.2) is 9.79 Å². The Balaban J connectivity index is 1.66. The average Bonchev–Trinajstić information content (AvgIpc) is 3.19. The molecule has 182 valence electrons. The van der Waals surface area contributed by atoms with Crippen molar-refractivity contribution in [2.75, 3.05) is 6.61 Å². The Morgan fingerprint density at radius 1 is 1.00 bits per heavy atom. The lowest BCUT2D eigenvalue weighted by atomic mass is 10.1. The zero-order valence-electron chi connectivity index (χ0n) is 19.3. The second kappa shape index (κ2) is 11.7. The van der Waals surface area contributed by atoms with Crippen LogP contribution < -0.4 is 4.74 Å². The Kier molecular flexibility index (Phi) is 8.25. The normalized spacial score (nSPS) is 15.4. The van der Waals surface area contributed by atoms with Crippen molar-refractivity contribution in [1.29, 1.82) is 0 Å². The summed E-state index contributed by atoms with van der Waals surface area (Å²) in [7, 11) is 0. The molecule has 0 radical (unpaired) electrons. The second-order valence-electron chi connectivity index (χ2n) is 7.56. The fourth-order valence-electron chi connectivity index (χ4n) is 3.37. The number of esters is 1. The Hall–Kier alpha value is -3.81. The minimum Gasteiger partial charge on any atom is -0.506 e. The summed E-state index contributed by atoms with van der Waals surface area (Å²) in [6, 6.07) is 23.2. The van der Waals surface area contributed by atoms with Gasteiger partial charge in [0.25, 0.3) is 5.91 Å². The van der Waals surface area contributed by atoms with Crippen LogP contribution in [-0.4, -0.2) is 28.6 Å². The van der Waals surface area contributed by atoms with E-state index in [-0.39, 0.29) is 29.6 Å². The number of aliphatic hydroxyl groups excluding tert-OH is 1. The number of aliphatic hydroxyl groups is 1. The van der Waals surface area contributed by atoms with E-state index in [0.717, 1.165) is 17.3 Å². The Morgan fingerprint density at radius 3 is 2.44 bits per heavy atom. The van der Waals surface area contributed by atoms with Gasteiger partial charge in [-0.15, -0.1) is 0 Å². The molecule has 0 atom stereocenters. The van der Waals surface area contributed by atoms with Gasteiger partial charge < -0.3 is 14.6 Å². The summed E-state index contributed by atoms with van der Waals surface area (Å²) >= 11 is 7.25. The highest BCUT2D eigenvalue weighted by Gasteiger charge is 2.34. The smallest absolute Gasteiger partial charge is 0.344 e. The summed E-state index contributed by atoms with van der Waals surface area (Å²) in [6.07, 6.45) is 1.68. The number of thioether (sulfide) groups is 1. The molecule has 0 fully saturated rings. The number of rotatable bonds is 7. The minimum absolute atomic E-state index is 0.0699. The largest absolute Gasteiger partial charge is 0.506 e. The van der Waals surface area contributed by atoms with Crippen LogP contribution in [0.25, 0.3) is 6.08 Å². The fraction of sp³-hybridized carbons (Fsp3) is 0.107. The first-order chi connectivity index (χ1) is 17.5. The summed E-state index contributed by atoms with van der Waals surface area (Å²) in [5, 5.41) is 11.6. The van der Waals surface area contributed by atoms with Crippen molar-refractivity contribution in [2.45, 2.75) is 13.5 Å². The van der Waals surface area contributed by atoms with Gasteiger partial charge in [-0.3, -0.25) is 4.79 Å². The Labute approximate surface area is 217 Å². The van der Waals surface area contributed by atoms with E-state index in [1.165, 1.54) is 0 Å². The van der Waals surface area contributed by atoms with Crippen molar-refractivity contribution in [2.24, 2.45) is 4.99 Å². The predicted octanol–water partition coefficient (Wildman–Crippen LogP) is 6.62. The van der Waals surface area contributed by atoms with Gasteiger partial charge in [-0.1, -0.05) is 78.0 Å². The summed E-state index contributed by atoms with van der Waals surface area (Å²) in [4.78, 5) is 29.8. The van der Waals surface area contributed by atoms with E-state index in [2.05, 4.69) is 4.99 Å². The van der Waals surface area contributed by atoms with E-state index in [9.17, 15) is 14.7 Å². The molecular weight excluding hydrogens is 498 g/mol. The van der Waals surface area contributed by atoms with Crippen LogP contribution in [-0.2, 0) is 16.1 Å². The standard InChI is InChI=1S/C28H22ClNO5S/c1-2-34-28(33)24-25(31)23(36-27(24)30-26(32)18-10-4-3-5-11-18)16-19-12-7-9-15-22(19)35-17-20-13-6-8-14-21(20)29/h3-16,31H,2,17H2,1H3/b23-16-,30-27?. The number of carbonyl (C=O) groups is 2. The van der Waals surface area contributed by atoms with Crippen molar-refractivity contribution in [1.82, 2.24) is 0 Å². The van der Waals surface area contributed by atoms with Crippen LogP contribution in [0.4, 0.5) is 0 Å². The lowest BCUT2D eigenvalue weighted by Gasteiger charge is -2.11. The quantitative estimate of drug-likeness (QED) is 0.353. The van der Waals surface area contributed by atoms with Crippen molar-refractivity contribution < 1.29 is 24.2 Å². The molecule has 0 aromatic heterocycles. The number of para-hydroxylation sites is 1. The first-order valence-corrected chi connectivity index (χ1v) is 12.3. The number of amides is 1. The number of carbonyl (C=O) groups excluding carboxylic acids is 2. The number of nitrogens with zero attached hydrogens (tertiary/aromatic N) is 1. The van der Waals surface area contributed by atoms with E-state index in [0.29, 0.717) is 26.8 Å². The number of hydrogen-bond donors (Lipinski definition) is 1. The maximum Gasteiger partial charge on any atom is 0.344 e. The molecular formula is C28H22ClNO5S. The average molecular weight is 520 g/mol. The minimum atomic E-state index is -0.756. The van der Waals surface area contributed by atoms with Crippen LogP contribution in [0.3, 0.4) is 0 Å². The third-order valence-electron chi connectivity index (χ3n) is 5.14. The molecule has 0 unspecified atom stereocenters. The van der Waals surface area contributed by atoms with E-state index < -0.39 is 11.9 Å². The Morgan fingerprint density at radius 2 is 1.69 bits per heavy atom. The zero-order chi connectivity index (χ0) is 25.5. The van der Waals surface area contributed by atoms with Gasteiger partial charge in [0, 0.05) is 21.7 Å².